The normalized spacial score (nSPS) is 43.3. The molecular formula is C69H113N7O45. The van der Waals surface area contributed by atoms with Crippen molar-refractivity contribution in [3.05, 3.63) is 24.4 Å². The van der Waals surface area contributed by atoms with E-state index in [1.807, 2.05) is 0 Å². The van der Waals surface area contributed by atoms with Crippen molar-refractivity contribution in [3.63, 3.8) is 0 Å². The zero-order valence-corrected chi connectivity index (χ0v) is 65.5. The van der Waals surface area contributed by atoms with Crippen molar-refractivity contribution >= 4 is 35.4 Å². The quantitative estimate of drug-likeness (QED) is 0.0297. The van der Waals surface area contributed by atoms with E-state index in [1.165, 1.54) is 12.3 Å². The van der Waals surface area contributed by atoms with Gasteiger partial charge in [-0.1, -0.05) is 6.07 Å². The van der Waals surface area contributed by atoms with E-state index in [0.717, 1.165) is 34.6 Å². The van der Waals surface area contributed by atoms with Crippen LogP contribution in [0.2, 0.25) is 0 Å². The van der Waals surface area contributed by atoms with Gasteiger partial charge < -0.3 is 230 Å². The lowest BCUT2D eigenvalue weighted by molar-refractivity contribution is -0.404. The van der Waals surface area contributed by atoms with Crippen LogP contribution in [-0.2, 0) is 99.8 Å². The summed E-state index contributed by atoms with van der Waals surface area (Å²) in [6, 6.07) is -4.38. The van der Waals surface area contributed by atoms with E-state index in [2.05, 4.69) is 36.9 Å². The Morgan fingerprint density at radius 3 is 1.23 bits per heavy atom. The number of rotatable bonds is 36. The predicted molar refractivity (Wildman–Crippen MR) is 383 cm³/mol. The second-order valence-corrected chi connectivity index (χ2v) is 30.1. The van der Waals surface area contributed by atoms with Crippen LogP contribution in [0.3, 0.4) is 0 Å². The Balaban J connectivity index is 1.12. The molecular weight excluding hydrogens is 1650 g/mol. The molecule has 8 fully saturated rings. The highest BCUT2D eigenvalue weighted by Gasteiger charge is 2.61. The molecule has 9 heterocycles. The molecule has 0 bridgehead atoms. The number of anilines is 1. The van der Waals surface area contributed by atoms with Crippen molar-refractivity contribution in [2.45, 2.75) is 304 Å². The van der Waals surface area contributed by atoms with Gasteiger partial charge in [0, 0.05) is 47.4 Å². The molecule has 0 radical (unpaired) electrons. The van der Waals surface area contributed by atoms with Crippen LogP contribution in [-0.4, -0.2) is 493 Å². The number of ether oxygens (including phenoxy) is 16. The van der Waals surface area contributed by atoms with Gasteiger partial charge in [0.05, 0.1) is 65.5 Å². The fourth-order valence-electron chi connectivity index (χ4n) is 15.1. The molecule has 8 aliphatic heterocycles. The molecule has 121 heavy (non-hydrogen) atoms. The summed E-state index contributed by atoms with van der Waals surface area (Å²) in [4.78, 5) is 68.6. The third-order valence-electron chi connectivity index (χ3n) is 21.4. The Morgan fingerprint density at radius 1 is 0.364 bits per heavy atom. The van der Waals surface area contributed by atoms with Crippen molar-refractivity contribution in [1.29, 1.82) is 0 Å². The van der Waals surface area contributed by atoms with Gasteiger partial charge in [-0.2, -0.15) is 0 Å². The first kappa shape index (κ1) is 99.5. The first-order valence-electron chi connectivity index (χ1n) is 38.6. The molecule has 694 valence electrons. The van der Waals surface area contributed by atoms with Crippen LogP contribution >= 0.6 is 0 Å². The number of aliphatic hydroxyl groups is 24. The maximum absolute atomic E-state index is 13.2. The standard InChI is InChI=1S/C69H113N7O45/c1-20(85)72-25(10-71-35-8-6-7-9-70-35)40(91)55(26(90)11-77)115-64-38(75-23(4)88)49(100)56(32(17-83)112-64)117-67-54(105)59(46(97)34(114-67)19-106-68-60(51(102)44(95)30(15-81)111-68)120-62-36(73-21(2)86)47(98)41(92)27(12-78)107-62)119-69-61(121-63-37(74-22(3)87)48(99)42(93)28(13-79)108-63)53(104)57(33(18-84)113-69)116-65-39(76-24(5)89)58(45(96)31(16-82)109-65)118-66-52(103)50(101)43(94)29(14-80)110-66/h6-9,25-34,36-69,77-84,90-105H,10-19H2,1-5H3,(H,70,71)(H,72,85)(H,73,86)(H,74,87)(H,75,88)(H,76,89)/t25-,26+,27+,28+,29+,30+,31+,32+,33+,34+,36+,37+,38+,39+,40+,41+,42+,43-,44+,45+,46+,47+,48+,49+,50-,51-,52+,53-,54-,55+,56+,57+,58+,59-,60-,61-,62-,63-,64-,65-,66-,67-,68-,69+/m0/s1. The summed E-state index contributed by atoms with van der Waals surface area (Å²) in [7, 11) is 0. The highest BCUT2D eigenvalue weighted by atomic mass is 16.8. The van der Waals surface area contributed by atoms with Crippen LogP contribution in [0.25, 0.3) is 0 Å². The Bertz CT molecular complexity index is 3390. The number of carbonyl (C=O) groups is 5. The van der Waals surface area contributed by atoms with Gasteiger partial charge >= 0.3 is 0 Å². The van der Waals surface area contributed by atoms with Crippen molar-refractivity contribution in [1.82, 2.24) is 31.6 Å². The molecule has 5 amide bonds. The molecule has 44 atom stereocenters. The van der Waals surface area contributed by atoms with E-state index in [9.17, 15) is 147 Å². The second kappa shape index (κ2) is 44.9. The molecule has 0 unspecified atom stereocenters. The van der Waals surface area contributed by atoms with Crippen LogP contribution in [0.4, 0.5) is 5.82 Å². The summed E-state index contributed by atoms with van der Waals surface area (Å²) in [6.45, 7) is -5.84. The summed E-state index contributed by atoms with van der Waals surface area (Å²) in [5, 5.41) is 286. The highest BCUT2D eigenvalue weighted by molar-refractivity contribution is 5.75. The highest BCUT2D eigenvalue weighted by Crippen LogP contribution is 2.40. The lowest BCUT2D eigenvalue weighted by atomic mass is 9.93. The molecule has 9 rings (SSSR count). The summed E-state index contributed by atoms with van der Waals surface area (Å²) in [5.74, 6) is -4.26. The molecule has 1 aromatic heterocycles. The smallest absolute Gasteiger partial charge is 0.217 e. The molecule has 8 saturated heterocycles. The molecule has 0 aromatic carbocycles. The van der Waals surface area contributed by atoms with Crippen LogP contribution < -0.4 is 31.9 Å². The molecule has 0 spiro atoms. The minimum Gasteiger partial charge on any atom is -0.394 e. The zero-order chi connectivity index (χ0) is 89.0. The SMILES string of the molecule is CC(=O)N[C@H]1[C@H](O[C@@H]([C@H](O)[C@H](CNc2ccccn2)NC(C)=O)[C@H](O)CO)O[C@H](CO)[C@@H](O[C@@H]2O[C@H](CO[C@H]3O[C@H](CO)[C@@H](O)[C@H](O)[C@@H]3O[C@@H]3O[C@H](CO)[C@@H](O)[C@H](O)[C@H]3NC(C)=O)[C@@H](O)[C@H](O[C@H]3O[C@H](CO)[C@@H](O[C@@H]4O[C@H](CO)[C@@H](O)[C@H](O[C@@H]5O[C@H](CO)[C@H](O)[C@H](O)[C@H]5O)[C@H]4NC(C)=O)[C@H](O)[C@@H]3O[C@@H]3O[C@H](CO)[C@@H](O)[C@H](O)[C@H]3NC(C)=O)[C@@H]2O)[C@@H]1O. The fraction of sp³-hybridized carbons (Fsp3) is 0.855. The number of pyridine rings is 1. The third kappa shape index (κ3) is 23.6. The maximum atomic E-state index is 13.2. The van der Waals surface area contributed by atoms with Gasteiger partial charge in [0.15, 0.2) is 50.3 Å². The molecule has 1 aromatic rings. The summed E-state index contributed by atoms with van der Waals surface area (Å²) in [5.41, 5.74) is 0. The average molecular weight is 1760 g/mol. The topological polar surface area (TPSA) is 804 Å². The van der Waals surface area contributed by atoms with Gasteiger partial charge in [0.2, 0.25) is 29.5 Å². The number of hydrogen-bond donors (Lipinski definition) is 30. The van der Waals surface area contributed by atoms with Crippen LogP contribution in [0.1, 0.15) is 34.6 Å². The number of hydrogen-bond acceptors (Lipinski definition) is 47. The lowest BCUT2D eigenvalue weighted by Crippen LogP contribution is -2.71. The first-order chi connectivity index (χ1) is 57.4. The molecule has 52 heteroatoms. The molecule has 52 nitrogen and oxygen atoms in total. The van der Waals surface area contributed by atoms with Crippen molar-refractivity contribution < 1.29 is 222 Å². The molecule has 30 N–H and O–H groups in total. The Morgan fingerprint density at radius 2 is 0.744 bits per heavy atom. The summed E-state index contributed by atoms with van der Waals surface area (Å²) in [6.07, 6.45) is -82.5. The Labute approximate surface area is 687 Å². The van der Waals surface area contributed by atoms with Gasteiger partial charge in [-0.05, 0) is 12.1 Å². The number of carbonyl (C=O) groups excluding carboxylic acids is 5. The van der Waals surface area contributed by atoms with E-state index >= 15 is 0 Å². The van der Waals surface area contributed by atoms with Gasteiger partial charge in [0.1, 0.15) is 219 Å². The maximum Gasteiger partial charge on any atom is 0.217 e. The van der Waals surface area contributed by atoms with Crippen LogP contribution in [0, 0.1) is 0 Å². The van der Waals surface area contributed by atoms with E-state index < -0.39 is 359 Å². The van der Waals surface area contributed by atoms with E-state index in [4.69, 9.17) is 75.8 Å². The van der Waals surface area contributed by atoms with Gasteiger partial charge in [-0.25, -0.2) is 4.98 Å². The Hall–Kier alpha value is -5.30. The molecule has 8 aliphatic rings. The third-order valence-corrected chi connectivity index (χ3v) is 21.4. The largest absolute Gasteiger partial charge is 0.394 e. The van der Waals surface area contributed by atoms with E-state index in [1.54, 1.807) is 12.1 Å². The van der Waals surface area contributed by atoms with Gasteiger partial charge in [0.25, 0.3) is 0 Å². The Kier molecular flexibility index (Phi) is 36.9. The van der Waals surface area contributed by atoms with Crippen molar-refractivity contribution in [2.75, 3.05) is 71.3 Å². The second-order valence-electron chi connectivity index (χ2n) is 30.1. The van der Waals surface area contributed by atoms with Gasteiger partial charge in [-0.15, -0.1) is 0 Å². The van der Waals surface area contributed by atoms with E-state index in [-0.39, 0.29) is 12.4 Å². The number of aromatic nitrogens is 1. The number of aliphatic hydroxyl groups excluding tert-OH is 24. The van der Waals surface area contributed by atoms with E-state index in [0.29, 0.717) is 0 Å². The number of nitrogens with one attached hydrogen (secondary N) is 6. The summed E-state index contributed by atoms with van der Waals surface area (Å²) < 4.78 is 97.2. The fourth-order valence-corrected chi connectivity index (χ4v) is 15.1. The van der Waals surface area contributed by atoms with Gasteiger partial charge in [-0.3, -0.25) is 24.0 Å². The minimum absolute atomic E-state index is 0.236. The predicted octanol–water partition coefficient (Wildman–Crippen LogP) is -18.8. The first-order valence-corrected chi connectivity index (χ1v) is 38.6. The monoisotopic (exact) mass is 1760 g/mol. The van der Waals surface area contributed by atoms with Crippen molar-refractivity contribution in [2.24, 2.45) is 0 Å². The molecule has 0 saturated carbocycles. The number of nitrogens with zero attached hydrogens (tertiary/aromatic N) is 1. The van der Waals surface area contributed by atoms with Crippen molar-refractivity contribution in [3.8, 4) is 0 Å². The molecule has 0 aliphatic carbocycles. The minimum atomic E-state index is -2.66. The van der Waals surface area contributed by atoms with Crippen LogP contribution in [0.15, 0.2) is 24.4 Å². The summed E-state index contributed by atoms with van der Waals surface area (Å²) >= 11 is 0. The average Bonchev–Trinajstić information content (AvgIpc) is 0.762. The lowest BCUT2D eigenvalue weighted by Gasteiger charge is -2.52. The van der Waals surface area contributed by atoms with Crippen LogP contribution in [0.5, 0.6) is 0 Å². The zero-order valence-electron chi connectivity index (χ0n) is 65.5. The number of amides is 5.